The number of esters is 1. The molecule has 122 valence electrons. The molecule has 5 heteroatoms. The standard InChI is InChI=1S/C18H22N2O3/c1-13(17(21)20-15-8-3-2-4-9-15)23-18(22)16-10-6-5-7-14(16)11-12-19/h5-7,10,13,15H,2-4,8-9,11H2,1H3,(H,20,21)/t13-/m0/s1. The first-order valence-electron chi connectivity index (χ1n) is 8.08. The maximum absolute atomic E-state index is 12.2. The van der Waals surface area contributed by atoms with E-state index in [1.54, 1.807) is 31.2 Å². The molecule has 1 aromatic rings. The van der Waals surface area contributed by atoms with Gasteiger partial charge in [-0.05, 0) is 31.4 Å². The zero-order chi connectivity index (χ0) is 16.7. The summed E-state index contributed by atoms with van der Waals surface area (Å²) in [4.78, 5) is 24.4. The van der Waals surface area contributed by atoms with Crippen molar-refractivity contribution in [2.45, 2.75) is 57.6 Å². The van der Waals surface area contributed by atoms with E-state index in [0.717, 1.165) is 25.7 Å². The average molecular weight is 314 g/mol. The Morgan fingerprint density at radius 3 is 2.70 bits per heavy atom. The number of nitriles is 1. The summed E-state index contributed by atoms with van der Waals surface area (Å²) in [5, 5.41) is 11.8. The molecule has 0 bridgehead atoms. The zero-order valence-corrected chi connectivity index (χ0v) is 13.4. The SMILES string of the molecule is C[C@H](OC(=O)c1ccccc1CC#N)C(=O)NC1CCCCC1. The molecular formula is C18H22N2O3. The Morgan fingerprint density at radius 1 is 1.30 bits per heavy atom. The summed E-state index contributed by atoms with van der Waals surface area (Å²) in [7, 11) is 0. The van der Waals surface area contributed by atoms with Crippen molar-refractivity contribution < 1.29 is 14.3 Å². The van der Waals surface area contributed by atoms with Crippen LogP contribution in [0.5, 0.6) is 0 Å². The highest BCUT2D eigenvalue weighted by Gasteiger charge is 2.23. The third-order valence-corrected chi connectivity index (χ3v) is 4.11. The monoisotopic (exact) mass is 314 g/mol. The molecule has 2 rings (SSSR count). The van der Waals surface area contributed by atoms with Crippen LogP contribution in [0.1, 0.15) is 54.9 Å². The van der Waals surface area contributed by atoms with E-state index in [9.17, 15) is 9.59 Å². The van der Waals surface area contributed by atoms with Crippen LogP contribution in [0.15, 0.2) is 24.3 Å². The molecule has 0 aliphatic heterocycles. The Balaban J connectivity index is 1.94. The molecule has 1 N–H and O–H groups in total. The Morgan fingerprint density at radius 2 is 2.00 bits per heavy atom. The lowest BCUT2D eigenvalue weighted by atomic mass is 9.95. The molecule has 0 heterocycles. The van der Waals surface area contributed by atoms with Gasteiger partial charge in [-0.15, -0.1) is 0 Å². The summed E-state index contributed by atoms with van der Waals surface area (Å²) < 4.78 is 5.27. The van der Waals surface area contributed by atoms with Crippen molar-refractivity contribution in [3.63, 3.8) is 0 Å². The summed E-state index contributed by atoms with van der Waals surface area (Å²) in [6, 6.07) is 9.01. The lowest BCUT2D eigenvalue weighted by Crippen LogP contribution is -2.42. The van der Waals surface area contributed by atoms with Crippen LogP contribution in [0, 0.1) is 11.3 Å². The van der Waals surface area contributed by atoms with Crippen molar-refractivity contribution in [1.82, 2.24) is 5.32 Å². The molecule has 23 heavy (non-hydrogen) atoms. The maximum Gasteiger partial charge on any atom is 0.339 e. The number of nitrogens with zero attached hydrogens (tertiary/aromatic N) is 1. The van der Waals surface area contributed by atoms with Gasteiger partial charge < -0.3 is 10.1 Å². The summed E-state index contributed by atoms with van der Waals surface area (Å²) in [6.45, 7) is 1.57. The minimum absolute atomic E-state index is 0.133. The van der Waals surface area contributed by atoms with E-state index in [2.05, 4.69) is 5.32 Å². The Hall–Kier alpha value is -2.35. The van der Waals surface area contributed by atoms with Crippen molar-refractivity contribution in [2.24, 2.45) is 0 Å². The van der Waals surface area contributed by atoms with Gasteiger partial charge in [-0.1, -0.05) is 37.5 Å². The van der Waals surface area contributed by atoms with Gasteiger partial charge in [0.15, 0.2) is 6.10 Å². The maximum atomic E-state index is 12.2. The zero-order valence-electron chi connectivity index (χ0n) is 13.4. The lowest BCUT2D eigenvalue weighted by molar-refractivity contribution is -0.130. The summed E-state index contributed by atoms with van der Waals surface area (Å²) >= 11 is 0. The minimum Gasteiger partial charge on any atom is -0.449 e. The fourth-order valence-corrected chi connectivity index (χ4v) is 2.80. The first-order chi connectivity index (χ1) is 11.1. The van der Waals surface area contributed by atoms with E-state index in [1.165, 1.54) is 6.42 Å². The first kappa shape index (κ1) is 17.0. The molecule has 0 spiro atoms. The molecule has 0 unspecified atom stereocenters. The molecule has 1 aliphatic carbocycles. The van der Waals surface area contributed by atoms with Crippen molar-refractivity contribution in [1.29, 1.82) is 5.26 Å². The fraction of sp³-hybridized carbons (Fsp3) is 0.500. The molecule has 1 saturated carbocycles. The number of carbonyl (C=O) groups is 2. The summed E-state index contributed by atoms with van der Waals surface area (Å²) in [5.74, 6) is -0.829. The lowest BCUT2D eigenvalue weighted by Gasteiger charge is -2.24. The predicted octanol–water partition coefficient (Wildman–Crippen LogP) is 2.75. The van der Waals surface area contributed by atoms with Gasteiger partial charge in [-0.3, -0.25) is 4.79 Å². The van der Waals surface area contributed by atoms with Gasteiger partial charge in [0.25, 0.3) is 5.91 Å². The van der Waals surface area contributed by atoms with E-state index < -0.39 is 12.1 Å². The Labute approximate surface area is 136 Å². The van der Waals surface area contributed by atoms with Crippen LogP contribution in [-0.4, -0.2) is 24.0 Å². The Bertz CT molecular complexity index is 601. The van der Waals surface area contributed by atoms with E-state index in [4.69, 9.17) is 10.00 Å². The minimum atomic E-state index is -0.848. The molecule has 0 saturated heterocycles. The van der Waals surface area contributed by atoms with Gasteiger partial charge in [-0.25, -0.2) is 4.79 Å². The van der Waals surface area contributed by atoms with Crippen LogP contribution in [0.2, 0.25) is 0 Å². The van der Waals surface area contributed by atoms with E-state index >= 15 is 0 Å². The van der Waals surface area contributed by atoms with Crippen molar-refractivity contribution in [2.75, 3.05) is 0 Å². The molecule has 0 radical (unpaired) electrons. The molecule has 1 fully saturated rings. The summed E-state index contributed by atoms with van der Waals surface area (Å²) in [6.07, 6.45) is 4.72. The van der Waals surface area contributed by atoms with Crippen LogP contribution >= 0.6 is 0 Å². The number of nitrogens with one attached hydrogen (secondary N) is 1. The van der Waals surface area contributed by atoms with Crippen LogP contribution in [0.25, 0.3) is 0 Å². The number of hydrogen-bond acceptors (Lipinski definition) is 4. The number of amides is 1. The molecule has 0 aromatic heterocycles. The predicted molar refractivity (Wildman–Crippen MR) is 85.7 cm³/mol. The van der Waals surface area contributed by atoms with E-state index in [-0.39, 0.29) is 18.4 Å². The molecule has 1 aliphatic rings. The number of carbonyl (C=O) groups excluding carboxylic acids is 2. The second-order valence-electron chi connectivity index (χ2n) is 5.88. The quantitative estimate of drug-likeness (QED) is 0.848. The largest absolute Gasteiger partial charge is 0.449 e. The van der Waals surface area contributed by atoms with Crippen LogP contribution in [0.4, 0.5) is 0 Å². The normalized spacial score (nSPS) is 16.2. The van der Waals surface area contributed by atoms with E-state index in [0.29, 0.717) is 11.1 Å². The van der Waals surface area contributed by atoms with Crippen LogP contribution in [0.3, 0.4) is 0 Å². The van der Waals surface area contributed by atoms with E-state index in [1.807, 2.05) is 6.07 Å². The van der Waals surface area contributed by atoms with Gasteiger partial charge in [0.2, 0.25) is 0 Å². The van der Waals surface area contributed by atoms with Crippen molar-refractivity contribution in [3.8, 4) is 6.07 Å². The van der Waals surface area contributed by atoms with Gasteiger partial charge in [-0.2, -0.15) is 5.26 Å². The number of hydrogen-bond donors (Lipinski definition) is 1. The smallest absolute Gasteiger partial charge is 0.339 e. The highest BCUT2D eigenvalue weighted by atomic mass is 16.5. The third-order valence-electron chi connectivity index (χ3n) is 4.11. The highest BCUT2D eigenvalue weighted by molar-refractivity contribution is 5.93. The second-order valence-corrected chi connectivity index (χ2v) is 5.88. The molecule has 1 atom stereocenters. The molecule has 5 nitrogen and oxygen atoms in total. The van der Waals surface area contributed by atoms with Gasteiger partial charge >= 0.3 is 5.97 Å². The highest BCUT2D eigenvalue weighted by Crippen LogP contribution is 2.18. The number of rotatable bonds is 5. The Kier molecular flexibility index (Phi) is 6.16. The van der Waals surface area contributed by atoms with Gasteiger partial charge in [0.05, 0.1) is 18.1 Å². The molecular weight excluding hydrogens is 292 g/mol. The van der Waals surface area contributed by atoms with Crippen molar-refractivity contribution >= 4 is 11.9 Å². The van der Waals surface area contributed by atoms with Gasteiger partial charge in [0.1, 0.15) is 0 Å². The molecule has 1 amide bonds. The first-order valence-corrected chi connectivity index (χ1v) is 8.08. The fourth-order valence-electron chi connectivity index (χ4n) is 2.80. The van der Waals surface area contributed by atoms with Crippen molar-refractivity contribution in [3.05, 3.63) is 35.4 Å². The molecule has 1 aromatic carbocycles. The van der Waals surface area contributed by atoms with Crippen LogP contribution in [-0.2, 0) is 16.0 Å². The van der Waals surface area contributed by atoms with Gasteiger partial charge in [0, 0.05) is 6.04 Å². The number of ether oxygens (including phenoxy) is 1. The second kappa shape index (κ2) is 8.33. The van der Waals surface area contributed by atoms with Crippen LogP contribution < -0.4 is 5.32 Å². The number of benzene rings is 1. The third kappa shape index (κ3) is 4.82. The summed E-state index contributed by atoms with van der Waals surface area (Å²) in [5.41, 5.74) is 0.950. The average Bonchev–Trinajstić information content (AvgIpc) is 2.56. The topological polar surface area (TPSA) is 79.2 Å².